The van der Waals surface area contributed by atoms with Crippen molar-refractivity contribution in [1.82, 2.24) is 0 Å². The van der Waals surface area contributed by atoms with E-state index in [1.807, 2.05) is 0 Å². The van der Waals surface area contributed by atoms with Gasteiger partial charge < -0.3 is 24.2 Å². The number of hydrogen-bond acceptors (Lipinski definition) is 6. The smallest absolute Gasteiger partial charge is 0.264 e. The van der Waals surface area contributed by atoms with Gasteiger partial charge in [0.1, 0.15) is 12.4 Å². The lowest BCUT2D eigenvalue weighted by Crippen LogP contribution is -2.43. The summed E-state index contributed by atoms with van der Waals surface area (Å²) in [7, 11) is 0. The highest BCUT2D eigenvalue weighted by atomic mass is 35.5. The first-order valence-electron chi connectivity index (χ1n) is 11.1. The Bertz CT molecular complexity index is 1310. The van der Waals surface area contributed by atoms with E-state index in [0.29, 0.717) is 33.5 Å². The molecule has 2 heterocycles. The Morgan fingerprint density at radius 2 is 1.86 bits per heavy atom. The van der Waals surface area contributed by atoms with Crippen molar-refractivity contribution in [1.29, 1.82) is 0 Å². The summed E-state index contributed by atoms with van der Waals surface area (Å²) in [6.07, 6.45) is 2.60. The first kappa shape index (κ1) is 23.0. The molecule has 0 saturated carbocycles. The largest absolute Gasteiger partial charge is 0.492 e. The maximum absolute atomic E-state index is 13.3. The number of fused-ring (bicyclic) bond motifs is 2. The molecule has 0 bridgehead atoms. The Kier molecular flexibility index (Phi) is 6.19. The predicted molar refractivity (Wildman–Crippen MR) is 131 cm³/mol. The molecule has 1 amide bonds. The minimum absolute atomic E-state index is 0.164. The molecule has 0 aliphatic carbocycles. The summed E-state index contributed by atoms with van der Waals surface area (Å²) in [5.74, 6) is 0.940. The van der Waals surface area contributed by atoms with Crippen LogP contribution in [0.1, 0.15) is 17.5 Å². The van der Waals surface area contributed by atoms with E-state index in [-0.39, 0.29) is 32.1 Å². The zero-order chi connectivity index (χ0) is 24.4. The van der Waals surface area contributed by atoms with Crippen LogP contribution in [0.3, 0.4) is 0 Å². The SMILES string of the molecule is O=C(/C=C/c1ccc2c(c1)OCO2)C[C@]1(O)C(=O)N(CCOc2ccc(Cl)cc2)c2ccccc21. The van der Waals surface area contributed by atoms with Gasteiger partial charge in [0.15, 0.2) is 22.9 Å². The predicted octanol–water partition coefficient (Wildman–Crippen LogP) is 4.35. The zero-order valence-corrected chi connectivity index (χ0v) is 19.4. The monoisotopic (exact) mass is 491 g/mol. The van der Waals surface area contributed by atoms with E-state index in [2.05, 4.69) is 0 Å². The molecule has 0 fully saturated rings. The number of halogens is 1. The Hall–Kier alpha value is -3.81. The van der Waals surface area contributed by atoms with E-state index in [4.69, 9.17) is 25.8 Å². The van der Waals surface area contributed by atoms with Crippen molar-refractivity contribution in [2.24, 2.45) is 0 Å². The number of hydrogen-bond donors (Lipinski definition) is 1. The Balaban J connectivity index is 1.28. The fourth-order valence-electron chi connectivity index (χ4n) is 4.20. The van der Waals surface area contributed by atoms with Crippen molar-refractivity contribution in [2.45, 2.75) is 12.0 Å². The van der Waals surface area contributed by atoms with Gasteiger partial charge in [-0.15, -0.1) is 0 Å². The molecule has 2 aliphatic rings. The van der Waals surface area contributed by atoms with Crippen LogP contribution in [0.15, 0.2) is 72.8 Å². The Morgan fingerprint density at radius 1 is 1.09 bits per heavy atom. The van der Waals surface area contributed by atoms with Crippen LogP contribution in [0.2, 0.25) is 5.02 Å². The van der Waals surface area contributed by atoms with Gasteiger partial charge in [-0.1, -0.05) is 41.9 Å². The number of ether oxygens (including phenoxy) is 3. The Labute approximate surface area is 207 Å². The molecule has 3 aromatic carbocycles. The number of para-hydroxylation sites is 1. The van der Waals surface area contributed by atoms with Gasteiger partial charge in [0, 0.05) is 10.6 Å². The zero-order valence-electron chi connectivity index (χ0n) is 18.6. The number of allylic oxidation sites excluding steroid dienone is 1. The van der Waals surface area contributed by atoms with E-state index in [0.717, 1.165) is 5.56 Å². The lowest BCUT2D eigenvalue weighted by Gasteiger charge is -2.22. The molecule has 35 heavy (non-hydrogen) atoms. The topological polar surface area (TPSA) is 85.3 Å². The van der Waals surface area contributed by atoms with Gasteiger partial charge in [-0.2, -0.15) is 0 Å². The lowest BCUT2D eigenvalue weighted by molar-refractivity contribution is -0.140. The van der Waals surface area contributed by atoms with Crippen LogP contribution >= 0.6 is 11.6 Å². The van der Waals surface area contributed by atoms with Crippen LogP contribution in [0.4, 0.5) is 5.69 Å². The average molecular weight is 492 g/mol. The molecular formula is C27H22ClNO6. The van der Waals surface area contributed by atoms with Crippen molar-refractivity contribution in [3.8, 4) is 17.2 Å². The van der Waals surface area contributed by atoms with E-state index >= 15 is 0 Å². The number of nitrogens with zero attached hydrogens (tertiary/aromatic N) is 1. The molecule has 2 aliphatic heterocycles. The van der Waals surface area contributed by atoms with Crippen molar-refractivity contribution < 1.29 is 28.9 Å². The number of amides is 1. The summed E-state index contributed by atoms with van der Waals surface area (Å²) in [5.41, 5.74) is -0.241. The average Bonchev–Trinajstić information content (AvgIpc) is 3.41. The molecular weight excluding hydrogens is 470 g/mol. The molecule has 7 nitrogen and oxygen atoms in total. The third-order valence-electron chi connectivity index (χ3n) is 5.92. The second-order valence-electron chi connectivity index (χ2n) is 8.23. The molecule has 8 heteroatoms. The van der Waals surface area contributed by atoms with Gasteiger partial charge in [0.2, 0.25) is 6.79 Å². The summed E-state index contributed by atoms with van der Waals surface area (Å²) in [6.45, 7) is 0.578. The quantitative estimate of drug-likeness (QED) is 0.471. The maximum Gasteiger partial charge on any atom is 0.264 e. The van der Waals surface area contributed by atoms with Gasteiger partial charge in [0.05, 0.1) is 18.7 Å². The van der Waals surface area contributed by atoms with Gasteiger partial charge in [0.25, 0.3) is 5.91 Å². The number of benzene rings is 3. The van der Waals surface area contributed by atoms with Gasteiger partial charge in [-0.25, -0.2) is 0 Å². The van der Waals surface area contributed by atoms with Crippen molar-refractivity contribution >= 4 is 35.1 Å². The third-order valence-corrected chi connectivity index (χ3v) is 6.18. The first-order valence-corrected chi connectivity index (χ1v) is 11.4. The summed E-state index contributed by atoms with van der Waals surface area (Å²) < 4.78 is 16.4. The van der Waals surface area contributed by atoms with Gasteiger partial charge in [-0.3, -0.25) is 9.59 Å². The number of carbonyl (C=O) groups is 2. The fourth-order valence-corrected chi connectivity index (χ4v) is 4.33. The highest BCUT2D eigenvalue weighted by Gasteiger charge is 2.50. The summed E-state index contributed by atoms with van der Waals surface area (Å²) in [4.78, 5) is 27.6. The first-order chi connectivity index (χ1) is 16.9. The maximum atomic E-state index is 13.3. The molecule has 0 radical (unpaired) electrons. The standard InChI is InChI=1S/C27H22ClNO6/c28-19-7-10-21(11-8-19)33-14-13-29-23-4-2-1-3-22(23)27(32,26(29)31)16-20(30)9-5-18-6-12-24-25(15-18)35-17-34-24/h1-12,15,32H,13-14,16-17H2/b9-5+/t27-/m1/s1. The van der Waals surface area contributed by atoms with Crippen LogP contribution < -0.4 is 19.1 Å². The van der Waals surface area contributed by atoms with Crippen LogP contribution in [-0.2, 0) is 15.2 Å². The number of carbonyl (C=O) groups excluding carboxylic acids is 2. The normalized spacial score (nSPS) is 18.2. The third kappa shape index (κ3) is 4.60. The summed E-state index contributed by atoms with van der Waals surface area (Å²) in [6, 6.07) is 19.2. The van der Waals surface area contributed by atoms with Gasteiger partial charge >= 0.3 is 0 Å². The van der Waals surface area contributed by atoms with E-state index in [1.165, 1.54) is 11.0 Å². The molecule has 0 spiro atoms. The minimum Gasteiger partial charge on any atom is -0.492 e. The molecule has 1 N–H and O–H groups in total. The fraction of sp³-hybridized carbons (Fsp3) is 0.185. The second-order valence-corrected chi connectivity index (χ2v) is 8.66. The van der Waals surface area contributed by atoms with Crippen LogP contribution in [0, 0.1) is 0 Å². The number of anilines is 1. The summed E-state index contributed by atoms with van der Waals surface area (Å²) in [5, 5.41) is 12.0. The molecule has 178 valence electrons. The molecule has 3 aromatic rings. The van der Waals surface area contributed by atoms with Crippen molar-refractivity contribution in [3.05, 3.63) is 89.0 Å². The van der Waals surface area contributed by atoms with Gasteiger partial charge in [-0.05, 0) is 54.1 Å². The number of rotatable bonds is 8. The van der Waals surface area contributed by atoms with Crippen LogP contribution in [0.25, 0.3) is 6.08 Å². The number of ketones is 1. The van der Waals surface area contributed by atoms with E-state index < -0.39 is 11.5 Å². The molecule has 0 aromatic heterocycles. The van der Waals surface area contributed by atoms with E-state index in [1.54, 1.807) is 72.8 Å². The van der Waals surface area contributed by atoms with Crippen molar-refractivity contribution in [3.63, 3.8) is 0 Å². The minimum atomic E-state index is -1.95. The molecule has 5 rings (SSSR count). The number of aliphatic hydroxyl groups is 1. The molecule has 0 saturated heterocycles. The lowest BCUT2D eigenvalue weighted by atomic mass is 9.89. The van der Waals surface area contributed by atoms with Crippen LogP contribution in [-0.4, -0.2) is 36.7 Å². The second kappa shape index (κ2) is 9.44. The highest BCUT2D eigenvalue weighted by Crippen LogP contribution is 2.42. The molecule has 0 unspecified atom stereocenters. The van der Waals surface area contributed by atoms with Crippen molar-refractivity contribution in [2.75, 3.05) is 24.8 Å². The van der Waals surface area contributed by atoms with Crippen LogP contribution in [0.5, 0.6) is 17.2 Å². The highest BCUT2D eigenvalue weighted by molar-refractivity contribution is 6.30. The summed E-state index contributed by atoms with van der Waals surface area (Å²) >= 11 is 5.90. The van der Waals surface area contributed by atoms with E-state index in [9.17, 15) is 14.7 Å². The Morgan fingerprint density at radius 3 is 2.69 bits per heavy atom. The molecule has 1 atom stereocenters.